The van der Waals surface area contributed by atoms with Gasteiger partial charge in [0.25, 0.3) is 0 Å². The predicted octanol–water partition coefficient (Wildman–Crippen LogP) is 15.3. The van der Waals surface area contributed by atoms with Crippen LogP contribution in [0.4, 0.5) is 17.1 Å². The maximum absolute atomic E-state index is 2.39. The second-order valence-electron chi connectivity index (χ2n) is 13.8. The van der Waals surface area contributed by atoms with Gasteiger partial charge in [0.1, 0.15) is 0 Å². The first kappa shape index (κ1) is 32.0. The average Bonchev–Trinajstić information content (AvgIpc) is 3.64. The normalized spacial score (nSPS) is 11.3. The third-order valence-corrected chi connectivity index (χ3v) is 11.6. The van der Waals surface area contributed by atoms with Crippen LogP contribution in [0.2, 0.25) is 0 Å². The molecule has 254 valence electrons. The van der Waals surface area contributed by atoms with Gasteiger partial charge in [-0.2, -0.15) is 0 Å². The smallest absolute Gasteiger partial charge is 0.0467 e. The quantitative estimate of drug-likeness (QED) is 0.160. The summed E-state index contributed by atoms with van der Waals surface area (Å²) in [5.41, 5.74) is 13.0. The molecule has 0 aliphatic carbocycles. The summed E-state index contributed by atoms with van der Waals surface area (Å²) in [4.78, 5) is 2.39. The minimum atomic E-state index is 1.10. The van der Waals surface area contributed by atoms with E-state index in [0.29, 0.717) is 0 Å². The fraction of sp³-hybridized carbons (Fsp3) is 0. The Morgan fingerprint density at radius 1 is 0.296 bits per heavy atom. The molecule has 0 atom stereocenters. The molecule has 0 aliphatic heterocycles. The fourth-order valence-electron chi connectivity index (χ4n) is 7.78. The number of thiophene rings is 1. The van der Waals surface area contributed by atoms with Crippen LogP contribution in [0.25, 0.3) is 75.5 Å². The van der Waals surface area contributed by atoms with E-state index in [4.69, 9.17) is 0 Å². The first-order valence-corrected chi connectivity index (χ1v) is 19.2. The summed E-state index contributed by atoms with van der Waals surface area (Å²) in [7, 11) is 0. The summed E-state index contributed by atoms with van der Waals surface area (Å²) in [6.07, 6.45) is 0. The van der Waals surface area contributed by atoms with E-state index < -0.39 is 0 Å². The van der Waals surface area contributed by atoms with E-state index in [1.165, 1.54) is 75.5 Å². The Morgan fingerprint density at radius 3 is 1.59 bits per heavy atom. The second kappa shape index (κ2) is 13.7. The number of rotatable bonds is 7. The van der Waals surface area contributed by atoms with Gasteiger partial charge in [-0.1, -0.05) is 152 Å². The standard InChI is InChI=1S/C52H35NS/c1-2-12-36(13-3-1)40-16-8-17-41(32-40)42-18-9-20-46(34-42)53(47-21-10-19-43(35-47)44-27-26-37-14-4-5-15-39(37)33-44)45-30-28-38(29-31-45)48-23-11-25-51-52(48)49-22-6-7-24-50(49)54-51/h1-35H. The first-order chi connectivity index (χ1) is 26.7. The van der Waals surface area contributed by atoms with Gasteiger partial charge in [-0.3, -0.25) is 0 Å². The molecule has 0 bridgehead atoms. The number of benzene rings is 9. The van der Waals surface area contributed by atoms with Crippen LogP contribution in [0, 0.1) is 0 Å². The Kier molecular flexibility index (Phi) is 8.09. The van der Waals surface area contributed by atoms with E-state index in [2.05, 4.69) is 217 Å². The summed E-state index contributed by atoms with van der Waals surface area (Å²) in [5, 5.41) is 5.14. The maximum Gasteiger partial charge on any atom is 0.0467 e. The Bertz CT molecular complexity index is 2940. The van der Waals surface area contributed by atoms with E-state index in [-0.39, 0.29) is 0 Å². The molecule has 10 rings (SSSR count). The Morgan fingerprint density at radius 2 is 0.833 bits per heavy atom. The van der Waals surface area contributed by atoms with Crippen molar-refractivity contribution < 1.29 is 0 Å². The molecule has 0 radical (unpaired) electrons. The molecule has 0 N–H and O–H groups in total. The van der Waals surface area contributed by atoms with Crippen LogP contribution in [0.3, 0.4) is 0 Å². The van der Waals surface area contributed by atoms with Crippen molar-refractivity contribution in [3.8, 4) is 44.5 Å². The highest BCUT2D eigenvalue weighted by Gasteiger charge is 2.17. The van der Waals surface area contributed by atoms with Gasteiger partial charge in [-0.15, -0.1) is 11.3 Å². The van der Waals surface area contributed by atoms with Crippen molar-refractivity contribution in [1.29, 1.82) is 0 Å². The van der Waals surface area contributed by atoms with Gasteiger partial charge in [0.05, 0.1) is 0 Å². The highest BCUT2D eigenvalue weighted by Crippen LogP contribution is 2.42. The number of hydrogen-bond acceptors (Lipinski definition) is 2. The fourth-order valence-corrected chi connectivity index (χ4v) is 8.91. The summed E-state index contributed by atoms with van der Waals surface area (Å²) in [6.45, 7) is 0. The molecular weight excluding hydrogens is 671 g/mol. The van der Waals surface area contributed by atoms with E-state index in [9.17, 15) is 0 Å². The van der Waals surface area contributed by atoms with E-state index in [1.54, 1.807) is 0 Å². The minimum absolute atomic E-state index is 1.10. The molecule has 0 saturated carbocycles. The van der Waals surface area contributed by atoms with Crippen molar-refractivity contribution in [1.82, 2.24) is 0 Å². The molecular formula is C52H35NS. The molecule has 1 heterocycles. The number of hydrogen-bond donors (Lipinski definition) is 0. The summed E-state index contributed by atoms with van der Waals surface area (Å²) < 4.78 is 2.64. The lowest BCUT2D eigenvalue weighted by Crippen LogP contribution is -2.10. The van der Waals surface area contributed by atoms with Gasteiger partial charge >= 0.3 is 0 Å². The minimum Gasteiger partial charge on any atom is -0.310 e. The monoisotopic (exact) mass is 705 g/mol. The molecule has 1 nitrogen and oxygen atoms in total. The Hall–Kier alpha value is -6.74. The molecule has 0 spiro atoms. The lowest BCUT2D eigenvalue weighted by atomic mass is 9.97. The van der Waals surface area contributed by atoms with E-state index in [0.717, 1.165) is 17.1 Å². The first-order valence-electron chi connectivity index (χ1n) is 18.4. The molecule has 0 amide bonds. The van der Waals surface area contributed by atoms with Crippen LogP contribution in [-0.2, 0) is 0 Å². The van der Waals surface area contributed by atoms with Crippen LogP contribution in [0.15, 0.2) is 212 Å². The summed E-state index contributed by atoms with van der Waals surface area (Å²) in [5.74, 6) is 0. The summed E-state index contributed by atoms with van der Waals surface area (Å²) >= 11 is 1.86. The zero-order valence-electron chi connectivity index (χ0n) is 29.6. The van der Waals surface area contributed by atoms with Gasteiger partial charge in [0.15, 0.2) is 0 Å². The molecule has 10 aromatic rings. The van der Waals surface area contributed by atoms with Crippen molar-refractivity contribution >= 4 is 59.3 Å². The Balaban J connectivity index is 1.09. The SMILES string of the molecule is c1ccc(-c2cccc(-c3cccc(N(c4ccc(-c5cccc6sc7ccccc7c56)cc4)c4cccc(-c5ccc6ccccc6c5)c4)c3)c2)cc1. The van der Waals surface area contributed by atoms with Gasteiger partial charge in [-0.25, -0.2) is 0 Å². The Labute approximate surface area is 319 Å². The van der Waals surface area contributed by atoms with Crippen LogP contribution in [-0.4, -0.2) is 0 Å². The zero-order valence-corrected chi connectivity index (χ0v) is 30.4. The number of nitrogens with zero attached hydrogens (tertiary/aromatic N) is 1. The third-order valence-electron chi connectivity index (χ3n) is 10.4. The van der Waals surface area contributed by atoms with Crippen LogP contribution < -0.4 is 4.90 Å². The third kappa shape index (κ3) is 5.93. The molecule has 0 unspecified atom stereocenters. The van der Waals surface area contributed by atoms with Gasteiger partial charge in [-0.05, 0) is 116 Å². The topological polar surface area (TPSA) is 3.24 Å². The van der Waals surface area contributed by atoms with Gasteiger partial charge < -0.3 is 4.90 Å². The predicted molar refractivity (Wildman–Crippen MR) is 233 cm³/mol. The molecule has 0 fully saturated rings. The molecule has 9 aromatic carbocycles. The number of anilines is 3. The highest BCUT2D eigenvalue weighted by atomic mass is 32.1. The number of fused-ring (bicyclic) bond motifs is 4. The van der Waals surface area contributed by atoms with Crippen molar-refractivity contribution in [2.45, 2.75) is 0 Å². The maximum atomic E-state index is 2.39. The molecule has 54 heavy (non-hydrogen) atoms. The van der Waals surface area contributed by atoms with Crippen LogP contribution in [0.1, 0.15) is 0 Å². The van der Waals surface area contributed by atoms with Gasteiger partial charge in [0, 0.05) is 37.2 Å². The largest absolute Gasteiger partial charge is 0.310 e. The molecule has 1 aromatic heterocycles. The highest BCUT2D eigenvalue weighted by molar-refractivity contribution is 7.25. The second-order valence-corrected chi connectivity index (χ2v) is 14.9. The lowest BCUT2D eigenvalue weighted by Gasteiger charge is -2.27. The lowest BCUT2D eigenvalue weighted by molar-refractivity contribution is 1.28. The van der Waals surface area contributed by atoms with Crippen molar-refractivity contribution in [3.63, 3.8) is 0 Å². The van der Waals surface area contributed by atoms with Crippen LogP contribution >= 0.6 is 11.3 Å². The average molecular weight is 706 g/mol. The van der Waals surface area contributed by atoms with E-state index in [1.807, 2.05) is 11.3 Å². The molecule has 0 aliphatic rings. The van der Waals surface area contributed by atoms with Crippen molar-refractivity contribution in [2.24, 2.45) is 0 Å². The van der Waals surface area contributed by atoms with Crippen molar-refractivity contribution in [3.05, 3.63) is 212 Å². The van der Waals surface area contributed by atoms with Crippen molar-refractivity contribution in [2.75, 3.05) is 4.90 Å². The molecule has 0 saturated heterocycles. The van der Waals surface area contributed by atoms with E-state index >= 15 is 0 Å². The molecule has 2 heteroatoms. The zero-order chi connectivity index (χ0) is 35.8. The van der Waals surface area contributed by atoms with Crippen LogP contribution in [0.5, 0.6) is 0 Å². The van der Waals surface area contributed by atoms with Gasteiger partial charge in [0.2, 0.25) is 0 Å². The summed E-state index contributed by atoms with van der Waals surface area (Å²) in [6, 6.07) is 77.2.